The lowest BCUT2D eigenvalue weighted by Gasteiger charge is -2.35. The number of para-hydroxylation sites is 1. The molecule has 214 valence electrons. The van der Waals surface area contributed by atoms with Crippen LogP contribution in [-0.2, 0) is 14.4 Å². The Kier molecular flexibility index (Phi) is 8.71. The van der Waals surface area contributed by atoms with Gasteiger partial charge in [0.15, 0.2) is 0 Å². The molecular weight excluding hydrogens is 618 g/mol. The lowest BCUT2D eigenvalue weighted by molar-refractivity contribution is -0.138. The van der Waals surface area contributed by atoms with Crippen LogP contribution in [0.3, 0.4) is 0 Å². The van der Waals surface area contributed by atoms with Gasteiger partial charge in [0.05, 0.1) is 33.9 Å². The number of benzene rings is 2. The van der Waals surface area contributed by atoms with Crippen LogP contribution in [0.25, 0.3) is 0 Å². The molecule has 0 radical (unpaired) electrons. The molecule has 0 aliphatic carbocycles. The van der Waals surface area contributed by atoms with E-state index in [0.29, 0.717) is 54.6 Å². The summed E-state index contributed by atoms with van der Waals surface area (Å²) in [6.07, 6.45) is 1.65. The number of hydrogen-bond donors (Lipinski definition) is 3. The van der Waals surface area contributed by atoms with E-state index < -0.39 is 22.6 Å². The quantitative estimate of drug-likeness (QED) is 0.251. The van der Waals surface area contributed by atoms with Gasteiger partial charge >= 0.3 is 0 Å². The Morgan fingerprint density at radius 1 is 1.18 bits per heavy atom. The molecule has 11 heteroatoms. The molecule has 3 aliphatic rings. The highest BCUT2D eigenvalue weighted by atomic mass is 79.9. The molecule has 3 unspecified atom stereocenters. The van der Waals surface area contributed by atoms with Crippen molar-refractivity contribution in [2.45, 2.75) is 54.0 Å². The van der Waals surface area contributed by atoms with Crippen molar-refractivity contribution in [1.82, 2.24) is 4.90 Å². The molecule has 6 atom stereocenters. The van der Waals surface area contributed by atoms with Crippen LogP contribution >= 0.6 is 39.3 Å². The SMILES string of the molecule is CCOc1ccc(NC(=O)[C@H]2[C@@H]3SC4(CC3Br)C(C(=O)Nc3c(C)cccc3Cl)N(CCCCO)C(=O)[C@H]24)cc1. The number of amides is 3. The fourth-order valence-electron chi connectivity index (χ4n) is 6.37. The lowest BCUT2D eigenvalue weighted by Crippen LogP contribution is -2.52. The smallest absolute Gasteiger partial charge is 0.248 e. The summed E-state index contributed by atoms with van der Waals surface area (Å²) in [7, 11) is 0. The highest BCUT2D eigenvalue weighted by molar-refractivity contribution is 9.09. The second-order valence-corrected chi connectivity index (χ2v) is 13.6. The van der Waals surface area contributed by atoms with Gasteiger partial charge in [-0.2, -0.15) is 0 Å². The van der Waals surface area contributed by atoms with E-state index in [1.54, 1.807) is 47.0 Å². The summed E-state index contributed by atoms with van der Waals surface area (Å²) >= 11 is 11.8. The molecule has 40 heavy (non-hydrogen) atoms. The number of nitrogens with zero attached hydrogens (tertiary/aromatic N) is 1. The maximum Gasteiger partial charge on any atom is 0.248 e. The normalized spacial score (nSPS) is 28.5. The Balaban J connectivity index is 1.46. The zero-order valence-corrected chi connectivity index (χ0v) is 25.5. The molecule has 8 nitrogen and oxygen atoms in total. The van der Waals surface area contributed by atoms with Crippen molar-refractivity contribution < 1.29 is 24.2 Å². The van der Waals surface area contributed by atoms with Crippen LogP contribution in [0.4, 0.5) is 11.4 Å². The number of likely N-dealkylation sites (tertiary alicyclic amines) is 1. The van der Waals surface area contributed by atoms with Gasteiger partial charge in [0.2, 0.25) is 17.7 Å². The fraction of sp³-hybridized carbons (Fsp3) is 0.483. The number of ether oxygens (including phenoxy) is 1. The van der Waals surface area contributed by atoms with Crippen molar-refractivity contribution in [3.8, 4) is 5.75 Å². The third-order valence-electron chi connectivity index (χ3n) is 8.05. The molecule has 3 N–H and O–H groups in total. The number of aliphatic hydroxyl groups excluding tert-OH is 1. The Hall–Kier alpha value is -2.27. The van der Waals surface area contributed by atoms with Crippen molar-refractivity contribution in [1.29, 1.82) is 0 Å². The minimum atomic E-state index is -0.780. The van der Waals surface area contributed by atoms with Crippen LogP contribution in [-0.4, -0.2) is 68.4 Å². The molecule has 3 fully saturated rings. The van der Waals surface area contributed by atoms with Gasteiger partial charge in [0.1, 0.15) is 11.8 Å². The fourth-order valence-corrected chi connectivity index (χ4v) is 10.3. The Morgan fingerprint density at radius 2 is 1.93 bits per heavy atom. The summed E-state index contributed by atoms with van der Waals surface area (Å²) in [5.41, 5.74) is 1.96. The molecular formula is C29H33BrClN3O5S. The maximum atomic E-state index is 14.1. The van der Waals surface area contributed by atoms with Crippen LogP contribution in [0.1, 0.15) is 31.7 Å². The van der Waals surface area contributed by atoms with Gasteiger partial charge < -0.3 is 25.4 Å². The molecule has 2 aromatic carbocycles. The molecule has 0 saturated carbocycles. The number of carbonyl (C=O) groups is 3. The number of halogens is 2. The molecule has 2 aromatic rings. The predicted octanol–water partition coefficient (Wildman–Crippen LogP) is 4.86. The van der Waals surface area contributed by atoms with Crippen molar-refractivity contribution in [2.75, 3.05) is 30.4 Å². The summed E-state index contributed by atoms with van der Waals surface area (Å²) in [6.45, 7) is 4.64. The second-order valence-electron chi connectivity index (χ2n) is 10.5. The number of fused-ring (bicyclic) bond motifs is 1. The topological polar surface area (TPSA) is 108 Å². The molecule has 3 heterocycles. The van der Waals surface area contributed by atoms with E-state index in [9.17, 15) is 19.5 Å². The number of nitrogens with one attached hydrogen (secondary N) is 2. The molecule has 5 rings (SSSR count). The van der Waals surface area contributed by atoms with E-state index in [0.717, 1.165) is 5.56 Å². The first-order chi connectivity index (χ1) is 19.2. The highest BCUT2D eigenvalue weighted by Crippen LogP contribution is 2.67. The largest absolute Gasteiger partial charge is 0.494 e. The monoisotopic (exact) mass is 649 g/mol. The van der Waals surface area contributed by atoms with Gasteiger partial charge in [-0.25, -0.2) is 0 Å². The number of anilines is 2. The number of alkyl halides is 1. The minimum absolute atomic E-state index is 0.000300. The van der Waals surface area contributed by atoms with Crippen molar-refractivity contribution in [3.63, 3.8) is 0 Å². The van der Waals surface area contributed by atoms with E-state index in [4.69, 9.17) is 16.3 Å². The van der Waals surface area contributed by atoms with E-state index >= 15 is 0 Å². The predicted molar refractivity (Wildman–Crippen MR) is 161 cm³/mol. The van der Waals surface area contributed by atoms with Gasteiger partial charge in [-0.05, 0) is 69.0 Å². The molecule has 1 spiro atoms. The zero-order valence-electron chi connectivity index (χ0n) is 22.4. The standard InChI is InChI=1S/C29H33BrClN3O5S/c1-3-39-18-11-9-17(10-12-18)32-26(36)21-22-28(38)34(13-4-5-14-35)25(29(22)15-19(30)24(21)40-29)27(37)33-23-16(2)7-6-8-20(23)31/h6-12,19,21-22,24-25,35H,3-5,13-15H2,1-2H3,(H,32,36)(H,33,37)/t19?,21-,22+,24-,25?,29?/m1/s1. The lowest BCUT2D eigenvalue weighted by atomic mass is 9.70. The van der Waals surface area contributed by atoms with Crippen LogP contribution in [0.2, 0.25) is 5.02 Å². The van der Waals surface area contributed by atoms with Crippen molar-refractivity contribution in [3.05, 3.63) is 53.1 Å². The second kappa shape index (κ2) is 11.9. The van der Waals surface area contributed by atoms with Crippen molar-refractivity contribution >= 4 is 68.4 Å². The van der Waals surface area contributed by atoms with Crippen LogP contribution in [0.5, 0.6) is 5.75 Å². The van der Waals surface area contributed by atoms with Gasteiger partial charge in [-0.3, -0.25) is 14.4 Å². The summed E-state index contributed by atoms with van der Waals surface area (Å²) < 4.78 is 4.73. The highest BCUT2D eigenvalue weighted by Gasteiger charge is 2.75. The third kappa shape index (κ3) is 5.12. The summed E-state index contributed by atoms with van der Waals surface area (Å²) in [5, 5.41) is 15.7. The van der Waals surface area contributed by atoms with E-state index in [1.807, 2.05) is 26.0 Å². The van der Waals surface area contributed by atoms with Gasteiger partial charge in [-0.1, -0.05) is 39.7 Å². The van der Waals surface area contributed by atoms with Gasteiger partial charge in [0.25, 0.3) is 0 Å². The van der Waals surface area contributed by atoms with Crippen LogP contribution in [0.15, 0.2) is 42.5 Å². The Labute approximate surface area is 251 Å². The summed E-state index contributed by atoms with van der Waals surface area (Å²) in [6, 6.07) is 11.8. The molecule has 0 aromatic heterocycles. The first-order valence-electron chi connectivity index (χ1n) is 13.5. The molecule has 2 bridgehead atoms. The zero-order chi connectivity index (χ0) is 28.6. The van der Waals surface area contributed by atoms with Crippen LogP contribution in [0, 0.1) is 18.8 Å². The third-order valence-corrected chi connectivity index (χ3v) is 11.6. The number of unbranched alkanes of at least 4 members (excludes halogenated alkanes) is 1. The van der Waals surface area contributed by atoms with Gasteiger partial charge in [-0.15, -0.1) is 11.8 Å². The Morgan fingerprint density at radius 3 is 2.60 bits per heavy atom. The number of hydrogen-bond acceptors (Lipinski definition) is 6. The number of aryl methyl sites for hydroxylation is 1. The minimum Gasteiger partial charge on any atom is -0.494 e. The molecule has 3 amide bonds. The number of rotatable bonds is 10. The van der Waals surface area contributed by atoms with E-state index in [-0.39, 0.29) is 34.4 Å². The molecule has 3 aliphatic heterocycles. The van der Waals surface area contributed by atoms with E-state index in [2.05, 4.69) is 26.6 Å². The number of thioether (sulfide) groups is 1. The first-order valence-corrected chi connectivity index (χ1v) is 15.7. The Bertz CT molecular complexity index is 1280. The van der Waals surface area contributed by atoms with E-state index in [1.165, 1.54) is 0 Å². The molecule has 3 saturated heterocycles. The number of carbonyl (C=O) groups excluding carboxylic acids is 3. The number of aliphatic hydroxyl groups is 1. The maximum absolute atomic E-state index is 14.1. The van der Waals surface area contributed by atoms with Gasteiger partial charge in [0, 0.05) is 28.9 Å². The van der Waals surface area contributed by atoms with Crippen molar-refractivity contribution in [2.24, 2.45) is 11.8 Å². The summed E-state index contributed by atoms with van der Waals surface area (Å²) in [4.78, 5) is 43.5. The average Bonchev–Trinajstić information content (AvgIpc) is 3.51. The average molecular weight is 651 g/mol. The first kappa shape index (κ1) is 29.2. The summed E-state index contributed by atoms with van der Waals surface area (Å²) in [5.74, 6) is -1.27. The van der Waals surface area contributed by atoms with Crippen LogP contribution < -0.4 is 15.4 Å².